The molecule has 0 spiro atoms. The molecule has 5 heteroatoms. The van der Waals surface area contributed by atoms with Crippen LogP contribution in [0.4, 0.5) is 0 Å². The average molecular weight is 317 g/mol. The normalized spacial score (nSPS) is 11.1. The van der Waals surface area contributed by atoms with Gasteiger partial charge in [0, 0.05) is 11.8 Å². The second-order valence-corrected chi connectivity index (χ2v) is 5.00. The Hall–Kier alpha value is -3.47. The van der Waals surface area contributed by atoms with E-state index in [0.29, 0.717) is 11.4 Å². The first-order valence-corrected chi connectivity index (χ1v) is 7.38. The van der Waals surface area contributed by atoms with Crippen molar-refractivity contribution in [2.45, 2.75) is 0 Å². The van der Waals surface area contributed by atoms with Crippen molar-refractivity contribution >= 4 is 11.6 Å². The summed E-state index contributed by atoms with van der Waals surface area (Å²) in [6.45, 7) is 0. The lowest BCUT2D eigenvalue weighted by Gasteiger charge is -2.07. The molecule has 0 bridgehead atoms. The number of phenolic OH excluding ortho intramolecular Hbond substituents is 1. The Morgan fingerprint density at radius 3 is 2.33 bits per heavy atom. The highest BCUT2D eigenvalue weighted by Gasteiger charge is 2.12. The van der Waals surface area contributed by atoms with Crippen LogP contribution in [0.25, 0.3) is 0 Å². The Bertz CT molecular complexity index is 821. The maximum absolute atomic E-state index is 12.2. The van der Waals surface area contributed by atoms with Crippen LogP contribution in [-0.4, -0.2) is 21.7 Å². The number of carbonyl (C=O) groups excluding carboxylic acids is 1. The van der Waals surface area contributed by atoms with Gasteiger partial charge in [-0.3, -0.25) is 9.78 Å². The van der Waals surface area contributed by atoms with Crippen LogP contribution in [-0.2, 0) is 0 Å². The second kappa shape index (κ2) is 7.19. The first kappa shape index (κ1) is 15.4. The molecule has 2 N–H and O–H groups in total. The number of aromatic nitrogens is 1. The van der Waals surface area contributed by atoms with E-state index in [0.717, 1.165) is 5.56 Å². The van der Waals surface area contributed by atoms with Crippen molar-refractivity contribution in [2.75, 3.05) is 0 Å². The quantitative estimate of drug-likeness (QED) is 0.574. The summed E-state index contributed by atoms with van der Waals surface area (Å²) in [5, 5.41) is 14.0. The van der Waals surface area contributed by atoms with E-state index in [1.807, 2.05) is 48.5 Å². The van der Waals surface area contributed by atoms with E-state index >= 15 is 0 Å². The van der Waals surface area contributed by atoms with Crippen molar-refractivity contribution in [1.29, 1.82) is 0 Å². The minimum atomic E-state index is -0.488. The summed E-state index contributed by atoms with van der Waals surface area (Å²) in [5.41, 5.74) is 4.66. The molecule has 0 saturated carbocycles. The molecule has 24 heavy (non-hydrogen) atoms. The number of rotatable bonds is 4. The van der Waals surface area contributed by atoms with Crippen molar-refractivity contribution in [3.63, 3.8) is 0 Å². The van der Waals surface area contributed by atoms with Crippen LogP contribution in [0.1, 0.15) is 21.6 Å². The van der Waals surface area contributed by atoms with E-state index in [2.05, 4.69) is 15.5 Å². The van der Waals surface area contributed by atoms with Gasteiger partial charge in [0.1, 0.15) is 11.5 Å². The van der Waals surface area contributed by atoms with E-state index in [-0.39, 0.29) is 11.3 Å². The SMILES string of the molecule is O=C(N/N=C(/c1ccccc1)c1ccccn1)c1ccccc1O. The number of hydrazone groups is 1. The van der Waals surface area contributed by atoms with Crippen molar-refractivity contribution in [3.05, 3.63) is 95.8 Å². The van der Waals surface area contributed by atoms with Crippen LogP contribution in [0.5, 0.6) is 5.75 Å². The van der Waals surface area contributed by atoms with Gasteiger partial charge >= 0.3 is 0 Å². The summed E-state index contributed by atoms with van der Waals surface area (Å²) in [4.78, 5) is 16.5. The molecule has 0 aliphatic rings. The van der Waals surface area contributed by atoms with Crippen molar-refractivity contribution in [3.8, 4) is 5.75 Å². The Balaban J connectivity index is 1.93. The lowest BCUT2D eigenvalue weighted by molar-refractivity contribution is 0.0952. The van der Waals surface area contributed by atoms with Crippen molar-refractivity contribution in [1.82, 2.24) is 10.4 Å². The van der Waals surface area contributed by atoms with Gasteiger partial charge in [0.05, 0.1) is 11.3 Å². The van der Waals surface area contributed by atoms with Gasteiger partial charge in [0.15, 0.2) is 0 Å². The highest BCUT2D eigenvalue weighted by Crippen LogP contribution is 2.15. The summed E-state index contributed by atoms with van der Waals surface area (Å²) < 4.78 is 0. The average Bonchev–Trinajstić information content (AvgIpc) is 2.64. The van der Waals surface area contributed by atoms with Gasteiger partial charge in [0.25, 0.3) is 5.91 Å². The van der Waals surface area contributed by atoms with Crippen LogP contribution in [0.2, 0.25) is 0 Å². The number of para-hydroxylation sites is 1. The fourth-order valence-corrected chi connectivity index (χ4v) is 2.20. The van der Waals surface area contributed by atoms with E-state index < -0.39 is 5.91 Å². The molecule has 1 heterocycles. The third-order valence-corrected chi connectivity index (χ3v) is 3.37. The molecule has 0 saturated heterocycles. The van der Waals surface area contributed by atoms with E-state index in [4.69, 9.17) is 0 Å². The molecule has 2 aromatic carbocycles. The van der Waals surface area contributed by atoms with E-state index in [1.54, 1.807) is 18.3 Å². The molecule has 0 aliphatic carbocycles. The molecular formula is C19H15N3O2. The van der Waals surface area contributed by atoms with E-state index in [9.17, 15) is 9.90 Å². The van der Waals surface area contributed by atoms with Crippen LogP contribution >= 0.6 is 0 Å². The molecule has 3 aromatic rings. The smallest absolute Gasteiger partial charge is 0.275 e. The topological polar surface area (TPSA) is 74.6 Å². The monoisotopic (exact) mass is 317 g/mol. The summed E-state index contributed by atoms with van der Waals surface area (Å²) in [6, 6.07) is 21.2. The van der Waals surface area contributed by atoms with Gasteiger partial charge in [-0.15, -0.1) is 0 Å². The third-order valence-electron chi connectivity index (χ3n) is 3.37. The summed E-state index contributed by atoms with van der Waals surface area (Å²) in [5.74, 6) is -0.582. The molecule has 5 nitrogen and oxygen atoms in total. The van der Waals surface area contributed by atoms with Gasteiger partial charge in [-0.05, 0) is 24.3 Å². The first-order valence-electron chi connectivity index (χ1n) is 7.38. The number of pyridine rings is 1. The van der Waals surface area contributed by atoms with Crippen molar-refractivity contribution in [2.24, 2.45) is 5.10 Å². The predicted molar refractivity (Wildman–Crippen MR) is 91.9 cm³/mol. The molecule has 0 radical (unpaired) electrons. The molecule has 1 amide bonds. The summed E-state index contributed by atoms with van der Waals surface area (Å²) in [7, 11) is 0. The Morgan fingerprint density at radius 2 is 1.62 bits per heavy atom. The first-order chi connectivity index (χ1) is 11.8. The minimum Gasteiger partial charge on any atom is -0.507 e. The highest BCUT2D eigenvalue weighted by atomic mass is 16.3. The molecule has 3 rings (SSSR count). The zero-order valence-corrected chi connectivity index (χ0v) is 12.8. The molecule has 0 fully saturated rings. The maximum atomic E-state index is 12.2. The molecule has 118 valence electrons. The number of carbonyl (C=O) groups is 1. The van der Waals surface area contributed by atoms with Gasteiger partial charge < -0.3 is 5.11 Å². The number of phenols is 1. The van der Waals surface area contributed by atoms with Crippen LogP contribution < -0.4 is 5.43 Å². The van der Waals surface area contributed by atoms with Gasteiger partial charge in [-0.25, -0.2) is 5.43 Å². The minimum absolute atomic E-state index is 0.0932. The highest BCUT2D eigenvalue weighted by molar-refractivity contribution is 6.12. The molecular weight excluding hydrogens is 302 g/mol. The molecule has 0 unspecified atom stereocenters. The molecule has 0 atom stereocenters. The fourth-order valence-electron chi connectivity index (χ4n) is 2.20. The zero-order chi connectivity index (χ0) is 16.8. The van der Waals surface area contributed by atoms with Gasteiger partial charge in [0.2, 0.25) is 0 Å². The van der Waals surface area contributed by atoms with Gasteiger partial charge in [-0.1, -0.05) is 48.5 Å². The van der Waals surface area contributed by atoms with Crippen LogP contribution in [0.3, 0.4) is 0 Å². The lowest BCUT2D eigenvalue weighted by Crippen LogP contribution is -2.21. The summed E-state index contributed by atoms with van der Waals surface area (Å²) in [6.07, 6.45) is 1.67. The van der Waals surface area contributed by atoms with Crippen LogP contribution in [0, 0.1) is 0 Å². The number of benzene rings is 2. The number of nitrogens with one attached hydrogen (secondary N) is 1. The third kappa shape index (κ3) is 3.47. The Labute approximate surface area is 139 Å². The summed E-state index contributed by atoms with van der Waals surface area (Å²) >= 11 is 0. The standard InChI is InChI=1S/C19H15N3O2/c23-17-12-5-4-10-15(17)19(24)22-21-18(14-8-2-1-3-9-14)16-11-6-7-13-20-16/h1-13,23H,(H,22,24)/b21-18-. The largest absolute Gasteiger partial charge is 0.507 e. The van der Waals surface area contributed by atoms with Crippen molar-refractivity contribution < 1.29 is 9.90 Å². The number of hydrogen-bond acceptors (Lipinski definition) is 4. The van der Waals surface area contributed by atoms with E-state index in [1.165, 1.54) is 12.1 Å². The number of aromatic hydroxyl groups is 1. The fraction of sp³-hybridized carbons (Fsp3) is 0. The maximum Gasteiger partial charge on any atom is 0.275 e. The Morgan fingerprint density at radius 1 is 0.917 bits per heavy atom. The van der Waals surface area contributed by atoms with Crippen LogP contribution in [0.15, 0.2) is 84.1 Å². The second-order valence-electron chi connectivity index (χ2n) is 5.00. The Kier molecular flexibility index (Phi) is 4.62. The predicted octanol–water partition coefficient (Wildman–Crippen LogP) is 2.97. The number of amides is 1. The lowest BCUT2D eigenvalue weighted by atomic mass is 10.1. The number of nitrogens with zero attached hydrogens (tertiary/aromatic N) is 2. The number of hydrogen-bond donors (Lipinski definition) is 2. The molecule has 0 aliphatic heterocycles. The molecule has 1 aromatic heterocycles. The zero-order valence-electron chi connectivity index (χ0n) is 12.8. The van der Waals surface area contributed by atoms with Gasteiger partial charge in [-0.2, -0.15) is 5.10 Å².